The van der Waals surface area contributed by atoms with Crippen molar-refractivity contribution in [3.05, 3.63) is 29.8 Å². The average molecular weight is 218 g/mol. The van der Waals surface area contributed by atoms with Gasteiger partial charge in [0.1, 0.15) is 0 Å². The lowest BCUT2D eigenvalue weighted by atomic mass is 10.1. The van der Waals surface area contributed by atoms with E-state index in [1.165, 1.54) is 30.6 Å². The zero-order chi connectivity index (χ0) is 11.4. The molecule has 1 N–H and O–H groups in total. The highest BCUT2D eigenvalue weighted by molar-refractivity contribution is 5.47. The zero-order valence-corrected chi connectivity index (χ0v) is 10.4. The molecule has 0 aromatic heterocycles. The molecule has 1 fully saturated rings. The molecule has 1 aliphatic rings. The molecule has 0 aliphatic carbocycles. The van der Waals surface area contributed by atoms with Crippen LogP contribution in [-0.2, 0) is 0 Å². The van der Waals surface area contributed by atoms with Gasteiger partial charge < -0.3 is 10.2 Å². The number of nitrogens with zero attached hydrogens (tertiary/aromatic N) is 1. The molecule has 2 rings (SSSR count). The van der Waals surface area contributed by atoms with Crippen LogP contribution in [0.3, 0.4) is 0 Å². The molecule has 0 saturated carbocycles. The molecule has 88 valence electrons. The molecule has 1 aliphatic heterocycles. The molecule has 0 bridgehead atoms. The number of benzene rings is 1. The molecule has 1 aromatic rings. The van der Waals surface area contributed by atoms with Crippen LogP contribution in [0.2, 0.25) is 0 Å². The number of nitrogens with one attached hydrogen (secondary N) is 1. The van der Waals surface area contributed by atoms with Crippen LogP contribution in [0.5, 0.6) is 0 Å². The quantitative estimate of drug-likeness (QED) is 0.835. The Balaban J connectivity index is 2.00. The third kappa shape index (κ3) is 2.76. The van der Waals surface area contributed by atoms with Crippen molar-refractivity contribution in [2.75, 3.05) is 24.5 Å². The van der Waals surface area contributed by atoms with E-state index < -0.39 is 0 Å². The van der Waals surface area contributed by atoms with Crippen molar-refractivity contribution in [2.24, 2.45) is 0 Å². The van der Waals surface area contributed by atoms with E-state index in [2.05, 4.69) is 48.3 Å². The Morgan fingerprint density at radius 1 is 1.31 bits per heavy atom. The van der Waals surface area contributed by atoms with Gasteiger partial charge in [-0.25, -0.2) is 0 Å². The van der Waals surface area contributed by atoms with Gasteiger partial charge in [-0.1, -0.05) is 17.7 Å². The van der Waals surface area contributed by atoms with E-state index in [1.807, 2.05) is 0 Å². The first-order valence-electron chi connectivity index (χ1n) is 6.34. The van der Waals surface area contributed by atoms with Crippen LogP contribution in [0.1, 0.15) is 25.3 Å². The van der Waals surface area contributed by atoms with Crippen molar-refractivity contribution in [3.63, 3.8) is 0 Å². The van der Waals surface area contributed by atoms with Crippen molar-refractivity contribution >= 4 is 5.69 Å². The summed E-state index contributed by atoms with van der Waals surface area (Å²) in [4.78, 5) is 2.46. The molecule has 1 saturated heterocycles. The number of hydrogen-bond acceptors (Lipinski definition) is 2. The number of hydrogen-bond donors (Lipinski definition) is 1. The third-order valence-corrected chi connectivity index (χ3v) is 3.38. The van der Waals surface area contributed by atoms with Crippen LogP contribution in [0.25, 0.3) is 0 Å². The minimum absolute atomic E-state index is 0.682. The second-order valence-corrected chi connectivity index (χ2v) is 4.67. The number of anilines is 1. The highest BCUT2D eigenvalue weighted by Gasteiger charge is 2.17. The summed E-state index contributed by atoms with van der Waals surface area (Å²) in [6.07, 6.45) is 2.65. The summed E-state index contributed by atoms with van der Waals surface area (Å²) in [5.41, 5.74) is 2.68. The summed E-state index contributed by atoms with van der Waals surface area (Å²) in [6.45, 7) is 7.78. The van der Waals surface area contributed by atoms with Gasteiger partial charge in [0.05, 0.1) is 0 Å². The lowest BCUT2D eigenvalue weighted by Gasteiger charge is -2.26. The first kappa shape index (κ1) is 11.5. The Labute approximate surface area is 98.7 Å². The van der Waals surface area contributed by atoms with Gasteiger partial charge in [0.15, 0.2) is 0 Å². The van der Waals surface area contributed by atoms with E-state index in [9.17, 15) is 0 Å². The van der Waals surface area contributed by atoms with Crippen molar-refractivity contribution in [2.45, 2.75) is 32.7 Å². The molecule has 0 unspecified atom stereocenters. The number of rotatable bonds is 4. The fourth-order valence-electron chi connectivity index (χ4n) is 2.35. The second-order valence-electron chi connectivity index (χ2n) is 4.67. The Morgan fingerprint density at radius 2 is 2.06 bits per heavy atom. The summed E-state index contributed by atoms with van der Waals surface area (Å²) in [6, 6.07) is 9.53. The van der Waals surface area contributed by atoms with Crippen LogP contribution in [0.15, 0.2) is 24.3 Å². The van der Waals surface area contributed by atoms with Gasteiger partial charge in [-0.15, -0.1) is 0 Å². The molecule has 1 heterocycles. The lowest BCUT2D eigenvalue weighted by molar-refractivity contribution is 0.586. The maximum absolute atomic E-state index is 3.56. The number of aryl methyl sites for hydroxylation is 1. The fourth-order valence-corrected chi connectivity index (χ4v) is 2.35. The highest BCUT2D eigenvalue weighted by atomic mass is 15.2. The molecule has 2 nitrogen and oxygen atoms in total. The SMILES string of the molecule is CCN(C[C@@H]1CCCN1)c1ccc(C)cc1. The van der Waals surface area contributed by atoms with E-state index in [1.54, 1.807) is 0 Å². The van der Waals surface area contributed by atoms with Gasteiger partial charge >= 0.3 is 0 Å². The molecular weight excluding hydrogens is 196 g/mol. The van der Waals surface area contributed by atoms with Crippen LogP contribution < -0.4 is 10.2 Å². The summed E-state index contributed by atoms with van der Waals surface area (Å²) >= 11 is 0. The summed E-state index contributed by atoms with van der Waals surface area (Å²) < 4.78 is 0. The van der Waals surface area contributed by atoms with Gasteiger partial charge in [-0.05, 0) is 45.4 Å². The predicted octanol–water partition coefficient (Wildman–Crippen LogP) is 2.57. The van der Waals surface area contributed by atoms with Gasteiger partial charge in [0.25, 0.3) is 0 Å². The van der Waals surface area contributed by atoms with Crippen LogP contribution in [0.4, 0.5) is 5.69 Å². The van der Waals surface area contributed by atoms with Gasteiger partial charge in [0.2, 0.25) is 0 Å². The summed E-state index contributed by atoms with van der Waals surface area (Å²) in [5.74, 6) is 0. The standard InChI is InChI=1S/C14H22N2/c1-3-16(11-13-5-4-10-15-13)14-8-6-12(2)7-9-14/h6-9,13,15H,3-5,10-11H2,1-2H3/t13-/m0/s1. The summed E-state index contributed by atoms with van der Waals surface area (Å²) in [7, 11) is 0. The van der Waals surface area contributed by atoms with Crippen molar-refractivity contribution in [1.29, 1.82) is 0 Å². The smallest absolute Gasteiger partial charge is 0.0366 e. The topological polar surface area (TPSA) is 15.3 Å². The molecule has 2 heteroatoms. The third-order valence-electron chi connectivity index (χ3n) is 3.38. The van der Waals surface area contributed by atoms with Crippen LogP contribution in [-0.4, -0.2) is 25.7 Å². The van der Waals surface area contributed by atoms with Gasteiger partial charge in [0, 0.05) is 24.8 Å². The second kappa shape index (κ2) is 5.35. The molecular formula is C14H22N2. The fraction of sp³-hybridized carbons (Fsp3) is 0.571. The van der Waals surface area contributed by atoms with Crippen molar-refractivity contribution in [1.82, 2.24) is 5.32 Å². The first-order valence-corrected chi connectivity index (χ1v) is 6.34. The van der Waals surface area contributed by atoms with E-state index in [0.29, 0.717) is 6.04 Å². The van der Waals surface area contributed by atoms with E-state index in [4.69, 9.17) is 0 Å². The Bertz CT molecular complexity index is 312. The molecule has 1 aromatic carbocycles. The maximum Gasteiger partial charge on any atom is 0.0366 e. The van der Waals surface area contributed by atoms with Crippen molar-refractivity contribution < 1.29 is 0 Å². The van der Waals surface area contributed by atoms with Crippen molar-refractivity contribution in [3.8, 4) is 0 Å². The van der Waals surface area contributed by atoms with Crippen LogP contribution in [0, 0.1) is 6.92 Å². The zero-order valence-electron chi connectivity index (χ0n) is 10.4. The molecule has 0 radical (unpaired) electrons. The monoisotopic (exact) mass is 218 g/mol. The predicted molar refractivity (Wildman–Crippen MR) is 70.1 cm³/mol. The first-order chi connectivity index (χ1) is 7.79. The largest absolute Gasteiger partial charge is 0.370 e. The Morgan fingerprint density at radius 3 is 2.62 bits per heavy atom. The Hall–Kier alpha value is -1.02. The van der Waals surface area contributed by atoms with Gasteiger partial charge in [-0.2, -0.15) is 0 Å². The molecule has 0 spiro atoms. The van der Waals surface area contributed by atoms with E-state index >= 15 is 0 Å². The normalized spacial score (nSPS) is 20.0. The molecule has 0 amide bonds. The maximum atomic E-state index is 3.56. The van der Waals surface area contributed by atoms with Crippen LogP contribution >= 0.6 is 0 Å². The highest BCUT2D eigenvalue weighted by Crippen LogP contribution is 2.17. The molecule has 16 heavy (non-hydrogen) atoms. The van der Waals surface area contributed by atoms with E-state index in [0.717, 1.165) is 13.1 Å². The lowest BCUT2D eigenvalue weighted by Crippen LogP contribution is -2.37. The minimum Gasteiger partial charge on any atom is -0.370 e. The summed E-state index contributed by atoms with van der Waals surface area (Å²) in [5, 5.41) is 3.56. The molecule has 1 atom stereocenters. The number of likely N-dealkylation sites (N-methyl/N-ethyl adjacent to an activating group) is 1. The van der Waals surface area contributed by atoms with Gasteiger partial charge in [-0.3, -0.25) is 0 Å². The van der Waals surface area contributed by atoms with E-state index in [-0.39, 0.29) is 0 Å². The minimum atomic E-state index is 0.682. The Kier molecular flexibility index (Phi) is 3.83. The average Bonchev–Trinajstić information content (AvgIpc) is 2.80.